The predicted molar refractivity (Wildman–Crippen MR) is 85.2 cm³/mol. The number of allylic oxidation sites excluding steroid dienone is 2. The van der Waals surface area contributed by atoms with Crippen LogP contribution >= 0.6 is 0 Å². The third-order valence-corrected chi connectivity index (χ3v) is 3.59. The number of hydrogen-bond donors (Lipinski definition) is 1. The first-order chi connectivity index (χ1) is 9.44. The fraction of sp³-hybridized carbons (Fsp3) is 0.556. The molecule has 0 bridgehead atoms. The zero-order valence-electron chi connectivity index (χ0n) is 13.3. The summed E-state index contributed by atoms with van der Waals surface area (Å²) in [6.07, 6.45) is 6.70. The number of rotatable bonds is 8. The Kier molecular flexibility index (Phi) is 6.80. The van der Waals surface area contributed by atoms with E-state index < -0.39 is 5.60 Å². The van der Waals surface area contributed by atoms with E-state index in [2.05, 4.69) is 26.0 Å². The van der Waals surface area contributed by atoms with Crippen LogP contribution in [-0.4, -0.2) is 17.8 Å². The van der Waals surface area contributed by atoms with Gasteiger partial charge >= 0.3 is 0 Å². The molecule has 0 amide bonds. The molecule has 1 rings (SSSR count). The molecule has 0 saturated heterocycles. The molecule has 2 heteroatoms. The average molecular weight is 276 g/mol. The summed E-state index contributed by atoms with van der Waals surface area (Å²) in [5, 5.41) is 10.4. The molecule has 1 aromatic rings. The van der Waals surface area contributed by atoms with Gasteiger partial charge in [0.1, 0.15) is 5.75 Å². The minimum atomic E-state index is -0.575. The van der Waals surface area contributed by atoms with Gasteiger partial charge in [0, 0.05) is 0 Å². The van der Waals surface area contributed by atoms with E-state index in [1.807, 2.05) is 25.1 Å². The van der Waals surface area contributed by atoms with Crippen molar-refractivity contribution in [2.75, 3.05) is 7.11 Å². The average Bonchev–Trinajstić information content (AvgIpc) is 2.38. The lowest BCUT2D eigenvalue weighted by molar-refractivity contribution is 0.0410. The number of hydrogen-bond acceptors (Lipinski definition) is 2. The van der Waals surface area contributed by atoms with Crippen LogP contribution in [-0.2, 0) is 6.42 Å². The summed E-state index contributed by atoms with van der Waals surface area (Å²) in [4.78, 5) is 0. The summed E-state index contributed by atoms with van der Waals surface area (Å²) in [5.41, 5.74) is 1.96. The summed E-state index contributed by atoms with van der Waals surface area (Å²) < 4.78 is 5.35. The second-order valence-electron chi connectivity index (χ2n) is 5.98. The molecular formula is C18H28O2. The van der Waals surface area contributed by atoms with Crippen molar-refractivity contribution in [2.24, 2.45) is 0 Å². The lowest BCUT2D eigenvalue weighted by Gasteiger charge is -2.22. The second kappa shape index (κ2) is 8.11. The molecule has 1 atom stereocenters. The van der Waals surface area contributed by atoms with E-state index in [9.17, 15) is 5.11 Å². The van der Waals surface area contributed by atoms with Crippen LogP contribution in [0.2, 0.25) is 0 Å². The van der Waals surface area contributed by atoms with Crippen molar-refractivity contribution in [3.8, 4) is 5.75 Å². The van der Waals surface area contributed by atoms with Crippen LogP contribution in [0.1, 0.15) is 52.0 Å². The maximum Gasteiger partial charge on any atom is 0.122 e. The fourth-order valence-corrected chi connectivity index (χ4v) is 2.37. The van der Waals surface area contributed by atoms with Crippen molar-refractivity contribution in [1.82, 2.24) is 0 Å². The molecule has 0 fully saturated rings. The number of aryl methyl sites for hydroxylation is 1. The summed E-state index contributed by atoms with van der Waals surface area (Å²) in [6, 6.07) is 8.10. The highest BCUT2D eigenvalue weighted by Crippen LogP contribution is 2.24. The largest absolute Gasteiger partial charge is 0.496 e. The van der Waals surface area contributed by atoms with Gasteiger partial charge in [0.05, 0.1) is 12.7 Å². The maximum atomic E-state index is 10.4. The molecular weight excluding hydrogens is 248 g/mol. The molecule has 0 aliphatic rings. The molecule has 0 heterocycles. The Labute approximate surface area is 123 Å². The molecule has 1 N–H and O–H groups in total. The van der Waals surface area contributed by atoms with Gasteiger partial charge in [-0.1, -0.05) is 29.8 Å². The van der Waals surface area contributed by atoms with Gasteiger partial charge < -0.3 is 9.84 Å². The molecule has 2 nitrogen and oxygen atoms in total. The first kappa shape index (κ1) is 16.8. The van der Waals surface area contributed by atoms with Crippen LogP contribution in [0, 0.1) is 0 Å². The Morgan fingerprint density at radius 1 is 1.25 bits per heavy atom. The highest BCUT2D eigenvalue weighted by molar-refractivity contribution is 5.33. The third kappa shape index (κ3) is 6.25. The second-order valence-corrected chi connectivity index (χ2v) is 5.98. The van der Waals surface area contributed by atoms with E-state index in [4.69, 9.17) is 4.74 Å². The highest BCUT2D eigenvalue weighted by Gasteiger charge is 2.18. The Morgan fingerprint density at radius 3 is 2.60 bits per heavy atom. The van der Waals surface area contributed by atoms with Gasteiger partial charge in [-0.15, -0.1) is 0 Å². The van der Waals surface area contributed by atoms with E-state index in [0.717, 1.165) is 37.9 Å². The molecule has 0 aliphatic heterocycles. The predicted octanol–water partition coefficient (Wildman–Crippen LogP) is 4.52. The van der Waals surface area contributed by atoms with Gasteiger partial charge in [0.15, 0.2) is 0 Å². The first-order valence-corrected chi connectivity index (χ1v) is 7.42. The summed E-state index contributed by atoms with van der Waals surface area (Å²) in [5.74, 6) is 0.941. The van der Waals surface area contributed by atoms with Crippen LogP contribution in [0.3, 0.4) is 0 Å². The number of benzene rings is 1. The monoisotopic (exact) mass is 276 g/mol. The highest BCUT2D eigenvalue weighted by atomic mass is 16.5. The standard InChI is InChI=1S/C18H28O2/c1-15(2)9-7-13-18(3,19)14-8-11-16-10-5-6-12-17(16)20-4/h5-6,9-10,12,19H,7-8,11,13-14H2,1-4H3. The Hall–Kier alpha value is -1.28. The van der Waals surface area contributed by atoms with Crippen LogP contribution in [0.25, 0.3) is 0 Å². The fourth-order valence-electron chi connectivity index (χ4n) is 2.37. The van der Waals surface area contributed by atoms with E-state index in [-0.39, 0.29) is 0 Å². The van der Waals surface area contributed by atoms with Gasteiger partial charge in [0.2, 0.25) is 0 Å². The van der Waals surface area contributed by atoms with Crippen molar-refractivity contribution < 1.29 is 9.84 Å². The topological polar surface area (TPSA) is 29.5 Å². The smallest absolute Gasteiger partial charge is 0.122 e. The third-order valence-electron chi connectivity index (χ3n) is 3.59. The Bertz CT molecular complexity index is 429. The molecule has 20 heavy (non-hydrogen) atoms. The van der Waals surface area contributed by atoms with E-state index in [1.165, 1.54) is 11.1 Å². The van der Waals surface area contributed by atoms with Gasteiger partial charge in [0.25, 0.3) is 0 Å². The SMILES string of the molecule is COc1ccccc1CCCC(C)(O)CCC=C(C)C. The van der Waals surface area contributed by atoms with Crippen molar-refractivity contribution in [3.05, 3.63) is 41.5 Å². The Balaban J connectivity index is 2.40. The van der Waals surface area contributed by atoms with Gasteiger partial charge in [-0.2, -0.15) is 0 Å². The number of aliphatic hydroxyl groups is 1. The molecule has 1 aromatic carbocycles. The molecule has 0 aliphatic carbocycles. The Morgan fingerprint density at radius 2 is 1.95 bits per heavy atom. The summed E-state index contributed by atoms with van der Waals surface area (Å²) >= 11 is 0. The molecule has 0 aromatic heterocycles. The molecule has 0 spiro atoms. The van der Waals surface area contributed by atoms with E-state index in [1.54, 1.807) is 7.11 Å². The zero-order valence-corrected chi connectivity index (χ0v) is 13.3. The number of para-hydroxylation sites is 1. The van der Waals surface area contributed by atoms with Gasteiger partial charge in [-0.05, 0) is 64.5 Å². The van der Waals surface area contributed by atoms with Gasteiger partial charge in [-0.25, -0.2) is 0 Å². The van der Waals surface area contributed by atoms with Crippen molar-refractivity contribution >= 4 is 0 Å². The summed E-state index contributed by atoms with van der Waals surface area (Å²) in [7, 11) is 1.70. The normalized spacial score (nSPS) is 13.7. The molecule has 1 unspecified atom stereocenters. The van der Waals surface area contributed by atoms with Crippen molar-refractivity contribution in [1.29, 1.82) is 0 Å². The summed E-state index contributed by atoms with van der Waals surface area (Å²) in [6.45, 7) is 6.13. The van der Waals surface area contributed by atoms with Crippen LogP contribution < -0.4 is 4.74 Å². The van der Waals surface area contributed by atoms with Crippen LogP contribution in [0.4, 0.5) is 0 Å². The van der Waals surface area contributed by atoms with Crippen molar-refractivity contribution in [2.45, 2.75) is 58.5 Å². The maximum absolute atomic E-state index is 10.4. The van der Waals surface area contributed by atoms with Crippen LogP contribution in [0.15, 0.2) is 35.9 Å². The quantitative estimate of drug-likeness (QED) is 0.708. The van der Waals surface area contributed by atoms with Crippen molar-refractivity contribution in [3.63, 3.8) is 0 Å². The molecule has 112 valence electrons. The molecule has 0 saturated carbocycles. The molecule has 0 radical (unpaired) electrons. The van der Waals surface area contributed by atoms with E-state index in [0.29, 0.717) is 0 Å². The van der Waals surface area contributed by atoms with Gasteiger partial charge in [-0.3, -0.25) is 0 Å². The first-order valence-electron chi connectivity index (χ1n) is 7.42. The van der Waals surface area contributed by atoms with Crippen LogP contribution in [0.5, 0.6) is 5.75 Å². The number of methoxy groups -OCH3 is 1. The lowest BCUT2D eigenvalue weighted by atomic mass is 9.92. The zero-order chi connectivity index (χ0) is 15.0. The lowest BCUT2D eigenvalue weighted by Crippen LogP contribution is -2.23. The van der Waals surface area contributed by atoms with E-state index >= 15 is 0 Å². The minimum absolute atomic E-state index is 0.575. The number of ether oxygens (including phenoxy) is 1. The minimum Gasteiger partial charge on any atom is -0.496 e.